The number of nitrogens with one attached hydrogen (secondary N) is 3. The molecular weight excluding hydrogens is 787 g/mol. The lowest BCUT2D eigenvalue weighted by molar-refractivity contribution is -0.141. The fourth-order valence-electron chi connectivity index (χ4n) is 8.09. The van der Waals surface area contributed by atoms with Crippen LogP contribution in [-0.2, 0) is 37.2 Å². The number of thiazole rings is 1. The molecule has 0 radical (unpaired) electrons. The van der Waals surface area contributed by atoms with E-state index in [4.69, 9.17) is 15.2 Å². The Hall–Kier alpha value is -4.77. The highest BCUT2D eigenvalue weighted by molar-refractivity contribution is 7.91. The molecular formula is C41H48F2N8O5S2. The molecule has 3 amide bonds. The van der Waals surface area contributed by atoms with E-state index in [-0.39, 0.29) is 13.0 Å². The topological polar surface area (TPSA) is 168 Å². The van der Waals surface area contributed by atoms with Gasteiger partial charge in [0.15, 0.2) is 5.13 Å². The summed E-state index contributed by atoms with van der Waals surface area (Å²) < 4.78 is 56.0. The summed E-state index contributed by atoms with van der Waals surface area (Å²) in [6, 6.07) is 15.1. The summed E-state index contributed by atoms with van der Waals surface area (Å²) in [4.78, 5) is 50.7. The van der Waals surface area contributed by atoms with Gasteiger partial charge in [-0.15, -0.1) is 11.3 Å². The molecule has 8 bridgehead atoms. The van der Waals surface area contributed by atoms with Crippen molar-refractivity contribution in [2.45, 2.75) is 114 Å². The zero-order valence-electron chi connectivity index (χ0n) is 32.7. The molecule has 58 heavy (non-hydrogen) atoms. The molecule has 0 spiro atoms. The SMILES string of the molecule is CC(C)(C)[C@@H]1Nc2nc(cs2)CCCCCc2cccc(c2)-c2nn(nc2-c2ccccc2)[C@@H]2C[C@@H](C(=O)N[C@]3(C(=O)NS(=O)(=O)C4CC4)C[C@H]3C(F)F)N(C2)C1=O. The van der Waals surface area contributed by atoms with Gasteiger partial charge in [0.05, 0.1) is 22.9 Å². The first-order valence-electron chi connectivity index (χ1n) is 19.9. The normalized spacial score (nSPS) is 25.2. The summed E-state index contributed by atoms with van der Waals surface area (Å²) in [5.41, 5.74) is 2.18. The van der Waals surface area contributed by atoms with Gasteiger partial charge in [0, 0.05) is 29.5 Å². The second-order valence-corrected chi connectivity index (χ2v) is 19.9. The van der Waals surface area contributed by atoms with Crippen molar-refractivity contribution < 1.29 is 31.6 Å². The number of aryl methyl sites for hydroxylation is 2. The highest BCUT2D eigenvalue weighted by Gasteiger charge is 2.67. The number of anilines is 1. The third-order valence-electron chi connectivity index (χ3n) is 11.7. The van der Waals surface area contributed by atoms with Crippen molar-refractivity contribution in [1.82, 2.24) is 34.9 Å². The second kappa shape index (κ2) is 15.4. The van der Waals surface area contributed by atoms with E-state index in [9.17, 15) is 31.6 Å². The maximum Gasteiger partial charge on any atom is 0.259 e. The summed E-state index contributed by atoms with van der Waals surface area (Å²) >= 11 is 1.40. The van der Waals surface area contributed by atoms with Crippen molar-refractivity contribution in [3.8, 4) is 22.5 Å². The van der Waals surface area contributed by atoms with E-state index in [1.165, 1.54) is 21.0 Å². The number of aromatic nitrogens is 4. The molecule has 8 rings (SSSR count). The Kier molecular flexibility index (Phi) is 10.7. The molecule has 13 nitrogen and oxygen atoms in total. The van der Waals surface area contributed by atoms with Crippen LogP contribution in [0.2, 0.25) is 0 Å². The smallest absolute Gasteiger partial charge is 0.259 e. The Balaban J connectivity index is 1.19. The molecule has 4 heterocycles. The molecule has 5 atom stereocenters. The van der Waals surface area contributed by atoms with Crippen molar-refractivity contribution in [2.75, 3.05) is 11.9 Å². The Morgan fingerprint density at radius 2 is 1.69 bits per heavy atom. The summed E-state index contributed by atoms with van der Waals surface area (Å²) in [7, 11) is -4.10. The first kappa shape index (κ1) is 40.0. The van der Waals surface area contributed by atoms with Crippen molar-refractivity contribution in [3.63, 3.8) is 0 Å². The minimum atomic E-state index is -4.10. The average molecular weight is 835 g/mol. The first-order valence-corrected chi connectivity index (χ1v) is 22.3. The molecule has 2 aromatic carbocycles. The summed E-state index contributed by atoms with van der Waals surface area (Å²) in [6.45, 7) is 5.69. The van der Waals surface area contributed by atoms with E-state index < -0.39 is 80.8 Å². The molecule has 4 aliphatic rings. The van der Waals surface area contributed by atoms with E-state index in [1.807, 2.05) is 73.3 Å². The molecule has 0 unspecified atom stereocenters. The van der Waals surface area contributed by atoms with Crippen LogP contribution in [-0.4, -0.2) is 86.9 Å². The lowest BCUT2D eigenvalue weighted by atomic mass is 9.85. The largest absolute Gasteiger partial charge is 0.349 e. The van der Waals surface area contributed by atoms with Gasteiger partial charge in [0.1, 0.15) is 29.0 Å². The third-order valence-corrected chi connectivity index (χ3v) is 14.3. The van der Waals surface area contributed by atoms with Gasteiger partial charge in [-0.2, -0.15) is 15.0 Å². The van der Waals surface area contributed by atoms with Crippen LogP contribution < -0.4 is 15.4 Å². The Morgan fingerprint density at radius 1 is 0.983 bits per heavy atom. The van der Waals surface area contributed by atoms with Gasteiger partial charge >= 0.3 is 0 Å². The molecule has 2 saturated carbocycles. The van der Waals surface area contributed by atoms with Gasteiger partial charge in [-0.05, 0) is 62.0 Å². The number of hydrogen-bond acceptors (Lipinski definition) is 10. The van der Waals surface area contributed by atoms with Crippen molar-refractivity contribution in [3.05, 3.63) is 71.2 Å². The van der Waals surface area contributed by atoms with Crippen LogP contribution in [0, 0.1) is 11.3 Å². The van der Waals surface area contributed by atoms with E-state index in [1.54, 1.807) is 0 Å². The number of benzene rings is 2. The van der Waals surface area contributed by atoms with Crippen LogP contribution in [0.1, 0.15) is 83.0 Å². The molecule has 2 aliphatic heterocycles. The minimum absolute atomic E-state index is 0.00432. The van der Waals surface area contributed by atoms with Crippen molar-refractivity contribution in [1.29, 1.82) is 0 Å². The molecule has 308 valence electrons. The maximum atomic E-state index is 14.9. The lowest BCUT2D eigenvalue weighted by Crippen LogP contribution is -2.59. The Labute approximate surface area is 340 Å². The van der Waals surface area contributed by atoms with Gasteiger partial charge in [-0.3, -0.25) is 19.1 Å². The van der Waals surface area contributed by atoms with E-state index in [0.717, 1.165) is 54.5 Å². The number of amides is 3. The van der Waals surface area contributed by atoms with Crippen LogP contribution in [0.15, 0.2) is 60.0 Å². The number of halogens is 2. The number of nitrogens with zero attached hydrogens (tertiary/aromatic N) is 5. The average Bonchev–Trinajstić information content (AvgIpc) is 4.01. The second-order valence-electron chi connectivity index (χ2n) is 17.1. The number of fused-ring (bicyclic) bond motifs is 10. The summed E-state index contributed by atoms with van der Waals surface area (Å²) in [6.07, 6.45) is 1.86. The number of alkyl halides is 2. The lowest BCUT2D eigenvalue weighted by Gasteiger charge is -2.35. The predicted octanol–water partition coefficient (Wildman–Crippen LogP) is 5.75. The molecule has 3 N–H and O–H groups in total. The molecule has 1 saturated heterocycles. The van der Waals surface area contributed by atoms with Crippen LogP contribution in [0.3, 0.4) is 0 Å². The van der Waals surface area contributed by atoms with Crippen molar-refractivity contribution in [2.24, 2.45) is 11.3 Å². The van der Waals surface area contributed by atoms with Gasteiger partial charge < -0.3 is 15.5 Å². The number of hydrogen-bond donors (Lipinski definition) is 3. The minimum Gasteiger partial charge on any atom is -0.349 e. The molecule has 17 heteroatoms. The monoisotopic (exact) mass is 834 g/mol. The van der Waals surface area contributed by atoms with Gasteiger partial charge in [0.25, 0.3) is 5.91 Å². The quantitative estimate of drug-likeness (QED) is 0.210. The highest BCUT2D eigenvalue weighted by Crippen LogP contribution is 2.49. The number of sulfonamides is 1. The number of rotatable bonds is 7. The Morgan fingerprint density at radius 3 is 2.38 bits per heavy atom. The molecule has 2 aliphatic carbocycles. The maximum absolute atomic E-state index is 14.9. The van der Waals surface area contributed by atoms with Crippen LogP contribution in [0.25, 0.3) is 22.5 Å². The van der Waals surface area contributed by atoms with Crippen LogP contribution in [0.5, 0.6) is 0 Å². The van der Waals surface area contributed by atoms with E-state index in [0.29, 0.717) is 29.4 Å². The van der Waals surface area contributed by atoms with E-state index >= 15 is 0 Å². The zero-order chi connectivity index (χ0) is 41.0. The fraction of sp³-hybridized carbons (Fsp3) is 0.512. The summed E-state index contributed by atoms with van der Waals surface area (Å²) in [5.74, 6) is -4.08. The van der Waals surface area contributed by atoms with Gasteiger partial charge in [-0.25, -0.2) is 22.2 Å². The zero-order valence-corrected chi connectivity index (χ0v) is 34.3. The highest BCUT2D eigenvalue weighted by atomic mass is 32.2. The standard InChI is InChI=1S/C41H48F2N8O5S2/c1-40(2,3)34-37(53)50-22-28(20-31(50)36(52)46-41(21-30(41)35(42)43)38(54)49-58(55,56)29-17-18-29)51-47-32(25-13-7-5-8-14-25)33(48-51)26-15-10-12-24(19-26)11-6-4-9-16-27-23-57-39(44-27)45-34/h5,7-8,10,12-15,19,23,28-31,34-35H,4,6,9,11,16-18,20-22H2,1-3H3,(H,44,45)(H,46,52)(H,49,54)/t28-,30+,31+,34-,41-/m1/s1. The molecule has 3 fully saturated rings. The van der Waals surface area contributed by atoms with Gasteiger partial charge in [-0.1, -0.05) is 75.7 Å². The number of carbonyl (C=O) groups excluding carboxylic acids is 3. The summed E-state index contributed by atoms with van der Waals surface area (Å²) in [5, 5.41) is 17.7. The van der Waals surface area contributed by atoms with Crippen LogP contribution >= 0.6 is 11.3 Å². The van der Waals surface area contributed by atoms with Crippen LogP contribution in [0.4, 0.5) is 13.9 Å². The first-order chi connectivity index (χ1) is 27.6. The number of carbonyl (C=O) groups is 3. The van der Waals surface area contributed by atoms with Gasteiger partial charge in [0.2, 0.25) is 28.3 Å². The van der Waals surface area contributed by atoms with E-state index in [2.05, 4.69) is 22.8 Å². The fourth-order valence-corrected chi connectivity index (χ4v) is 10.2. The Bertz CT molecular complexity index is 2310. The molecule has 2 aromatic heterocycles. The van der Waals surface area contributed by atoms with Crippen molar-refractivity contribution >= 4 is 44.2 Å². The third kappa shape index (κ3) is 8.11. The molecule has 4 aromatic rings. The predicted molar refractivity (Wildman–Crippen MR) is 215 cm³/mol.